The lowest BCUT2D eigenvalue weighted by Crippen LogP contribution is -2.30. The minimum atomic E-state index is -0.359. The fraction of sp³-hybridized carbons (Fsp3) is 0.692. The SMILES string of the molecule is CC1(OO)CCC=C(C2=CCCCC2)C1. The molecule has 1 N–H and O–H groups in total. The molecule has 1 atom stereocenters. The molecule has 0 amide bonds. The smallest absolute Gasteiger partial charge is 0.105 e. The molecule has 0 aromatic rings. The van der Waals surface area contributed by atoms with Gasteiger partial charge < -0.3 is 0 Å². The van der Waals surface area contributed by atoms with Crippen molar-refractivity contribution in [2.75, 3.05) is 0 Å². The summed E-state index contributed by atoms with van der Waals surface area (Å²) >= 11 is 0. The van der Waals surface area contributed by atoms with E-state index in [4.69, 9.17) is 5.26 Å². The standard InChI is InChI=1S/C13H20O2/c1-13(15-14)9-5-8-12(10-13)11-6-3-2-4-7-11/h6,8,14H,2-5,7,9-10H2,1H3. The van der Waals surface area contributed by atoms with Gasteiger partial charge in [-0.3, -0.25) is 5.26 Å². The Kier molecular flexibility index (Phi) is 3.27. The van der Waals surface area contributed by atoms with Gasteiger partial charge in [0.15, 0.2) is 0 Å². The van der Waals surface area contributed by atoms with Crippen molar-refractivity contribution in [2.24, 2.45) is 0 Å². The lowest BCUT2D eigenvalue weighted by Gasteiger charge is -2.32. The summed E-state index contributed by atoms with van der Waals surface area (Å²) in [6.07, 6.45) is 12.5. The van der Waals surface area contributed by atoms with Crippen molar-refractivity contribution in [3.8, 4) is 0 Å². The second kappa shape index (κ2) is 4.50. The van der Waals surface area contributed by atoms with Crippen molar-refractivity contribution in [3.63, 3.8) is 0 Å². The van der Waals surface area contributed by atoms with Gasteiger partial charge in [0.25, 0.3) is 0 Å². The molecule has 2 heteroatoms. The Labute approximate surface area is 91.6 Å². The van der Waals surface area contributed by atoms with Crippen LogP contribution in [-0.2, 0) is 4.89 Å². The van der Waals surface area contributed by atoms with Gasteiger partial charge in [-0.05, 0) is 56.6 Å². The van der Waals surface area contributed by atoms with Gasteiger partial charge in [0.2, 0.25) is 0 Å². The van der Waals surface area contributed by atoms with Gasteiger partial charge in [0.05, 0.1) is 0 Å². The van der Waals surface area contributed by atoms with Gasteiger partial charge in [-0.2, -0.15) is 0 Å². The van der Waals surface area contributed by atoms with Crippen LogP contribution in [0, 0.1) is 0 Å². The van der Waals surface area contributed by atoms with Crippen molar-refractivity contribution >= 4 is 0 Å². The summed E-state index contributed by atoms with van der Waals surface area (Å²) in [7, 11) is 0. The van der Waals surface area contributed by atoms with E-state index >= 15 is 0 Å². The van der Waals surface area contributed by atoms with Crippen LogP contribution in [0.4, 0.5) is 0 Å². The Hall–Kier alpha value is -0.600. The second-order valence-electron chi connectivity index (χ2n) is 4.96. The first-order chi connectivity index (χ1) is 7.23. The number of hydrogen-bond donors (Lipinski definition) is 1. The fourth-order valence-electron chi connectivity index (χ4n) is 2.57. The molecule has 2 aliphatic carbocycles. The average Bonchev–Trinajstić information content (AvgIpc) is 2.30. The van der Waals surface area contributed by atoms with E-state index in [9.17, 15) is 0 Å². The molecule has 0 fully saturated rings. The minimum absolute atomic E-state index is 0.359. The number of allylic oxidation sites excluding steroid dienone is 3. The van der Waals surface area contributed by atoms with E-state index in [-0.39, 0.29) is 5.60 Å². The van der Waals surface area contributed by atoms with Crippen LogP contribution >= 0.6 is 0 Å². The summed E-state index contributed by atoms with van der Waals surface area (Å²) in [5.41, 5.74) is 2.53. The van der Waals surface area contributed by atoms with Gasteiger partial charge in [-0.15, -0.1) is 0 Å². The van der Waals surface area contributed by atoms with Crippen LogP contribution in [0.2, 0.25) is 0 Å². The predicted octanol–water partition coefficient (Wildman–Crippen LogP) is 3.85. The molecule has 0 aliphatic heterocycles. The van der Waals surface area contributed by atoms with E-state index in [0.29, 0.717) is 0 Å². The van der Waals surface area contributed by atoms with Crippen LogP contribution in [0.1, 0.15) is 51.9 Å². The van der Waals surface area contributed by atoms with Crippen LogP contribution in [0.3, 0.4) is 0 Å². The molecule has 15 heavy (non-hydrogen) atoms. The van der Waals surface area contributed by atoms with Crippen molar-refractivity contribution in [1.82, 2.24) is 0 Å². The Bertz CT molecular complexity index is 291. The molecule has 2 nitrogen and oxygen atoms in total. The molecular weight excluding hydrogens is 188 g/mol. The topological polar surface area (TPSA) is 29.5 Å². The van der Waals surface area contributed by atoms with Crippen LogP contribution in [0.25, 0.3) is 0 Å². The summed E-state index contributed by atoms with van der Waals surface area (Å²) in [5, 5.41) is 8.92. The third-order valence-electron chi connectivity index (χ3n) is 3.55. The van der Waals surface area contributed by atoms with E-state index in [2.05, 4.69) is 17.0 Å². The van der Waals surface area contributed by atoms with Crippen molar-refractivity contribution in [1.29, 1.82) is 0 Å². The maximum atomic E-state index is 8.92. The molecule has 0 aromatic heterocycles. The lowest BCUT2D eigenvalue weighted by molar-refractivity contribution is -0.320. The summed E-state index contributed by atoms with van der Waals surface area (Å²) in [6.45, 7) is 1.99. The monoisotopic (exact) mass is 208 g/mol. The highest BCUT2D eigenvalue weighted by molar-refractivity contribution is 5.34. The first-order valence-electron chi connectivity index (χ1n) is 5.94. The summed E-state index contributed by atoms with van der Waals surface area (Å²) in [6, 6.07) is 0. The highest BCUT2D eigenvalue weighted by atomic mass is 17.1. The zero-order valence-electron chi connectivity index (χ0n) is 9.46. The molecule has 0 saturated carbocycles. The molecular formula is C13H20O2. The maximum Gasteiger partial charge on any atom is 0.105 e. The molecule has 0 aromatic carbocycles. The van der Waals surface area contributed by atoms with E-state index in [0.717, 1.165) is 19.3 Å². The molecule has 84 valence electrons. The largest absolute Gasteiger partial charge is 0.251 e. The van der Waals surface area contributed by atoms with Crippen LogP contribution < -0.4 is 0 Å². The predicted molar refractivity (Wildman–Crippen MR) is 60.6 cm³/mol. The Morgan fingerprint density at radius 3 is 2.67 bits per heavy atom. The van der Waals surface area contributed by atoms with Crippen molar-refractivity contribution in [3.05, 3.63) is 23.3 Å². The molecule has 0 bridgehead atoms. The van der Waals surface area contributed by atoms with Gasteiger partial charge in [0, 0.05) is 6.42 Å². The van der Waals surface area contributed by atoms with E-state index in [1.54, 1.807) is 0 Å². The fourth-order valence-corrected chi connectivity index (χ4v) is 2.57. The zero-order valence-corrected chi connectivity index (χ0v) is 9.46. The third kappa shape index (κ3) is 2.50. The molecule has 0 heterocycles. The quantitative estimate of drug-likeness (QED) is 0.551. The summed E-state index contributed by atoms with van der Waals surface area (Å²) < 4.78 is 0. The van der Waals surface area contributed by atoms with Crippen LogP contribution in [0.5, 0.6) is 0 Å². The Balaban J connectivity index is 2.09. The molecule has 0 saturated heterocycles. The van der Waals surface area contributed by atoms with E-state index in [1.807, 2.05) is 6.92 Å². The third-order valence-corrected chi connectivity index (χ3v) is 3.55. The van der Waals surface area contributed by atoms with Crippen molar-refractivity contribution < 1.29 is 10.1 Å². The molecule has 0 spiro atoms. The zero-order chi connectivity index (χ0) is 10.7. The normalized spacial score (nSPS) is 32.1. The first kappa shape index (κ1) is 10.9. The molecule has 0 radical (unpaired) electrons. The van der Waals surface area contributed by atoms with Gasteiger partial charge >= 0.3 is 0 Å². The summed E-state index contributed by atoms with van der Waals surface area (Å²) in [5.74, 6) is 0. The van der Waals surface area contributed by atoms with E-state index < -0.39 is 0 Å². The molecule has 1 unspecified atom stereocenters. The lowest BCUT2D eigenvalue weighted by atomic mass is 9.80. The van der Waals surface area contributed by atoms with Gasteiger partial charge in [0.1, 0.15) is 5.60 Å². The van der Waals surface area contributed by atoms with E-state index in [1.165, 1.54) is 36.8 Å². The minimum Gasteiger partial charge on any atom is -0.251 e. The van der Waals surface area contributed by atoms with Crippen LogP contribution in [0.15, 0.2) is 23.3 Å². The Morgan fingerprint density at radius 2 is 2.00 bits per heavy atom. The highest BCUT2D eigenvalue weighted by Crippen LogP contribution is 2.36. The van der Waals surface area contributed by atoms with Gasteiger partial charge in [-0.1, -0.05) is 12.2 Å². The second-order valence-corrected chi connectivity index (χ2v) is 4.96. The van der Waals surface area contributed by atoms with Crippen LogP contribution in [-0.4, -0.2) is 10.9 Å². The first-order valence-corrected chi connectivity index (χ1v) is 5.94. The number of rotatable bonds is 2. The maximum absolute atomic E-state index is 8.92. The van der Waals surface area contributed by atoms with Gasteiger partial charge in [-0.25, -0.2) is 4.89 Å². The summed E-state index contributed by atoms with van der Waals surface area (Å²) in [4.78, 5) is 4.63. The molecule has 2 rings (SSSR count). The Morgan fingerprint density at radius 1 is 1.20 bits per heavy atom. The van der Waals surface area contributed by atoms with Crippen molar-refractivity contribution in [2.45, 2.75) is 57.5 Å². The average molecular weight is 208 g/mol. The highest BCUT2D eigenvalue weighted by Gasteiger charge is 2.30. The number of hydrogen-bond acceptors (Lipinski definition) is 2. The molecule has 2 aliphatic rings.